The van der Waals surface area contributed by atoms with Gasteiger partial charge in [-0.1, -0.05) is 24.3 Å². The van der Waals surface area contributed by atoms with Gasteiger partial charge in [0.2, 0.25) is 5.91 Å². The molecule has 0 saturated heterocycles. The number of amides is 1. The molecule has 6 nitrogen and oxygen atoms in total. The summed E-state index contributed by atoms with van der Waals surface area (Å²) in [6.45, 7) is 0. The van der Waals surface area contributed by atoms with Gasteiger partial charge in [-0.15, -0.1) is 0 Å². The number of benzene rings is 2. The lowest BCUT2D eigenvalue weighted by molar-refractivity contribution is -0.141. The van der Waals surface area contributed by atoms with E-state index in [1.165, 1.54) is 18.6 Å². The molecular weight excluding hydrogens is 352 g/mol. The van der Waals surface area contributed by atoms with Crippen molar-refractivity contribution in [1.82, 2.24) is 4.37 Å². The molecule has 3 aromatic rings. The molecule has 0 saturated carbocycles. The monoisotopic (exact) mass is 366 g/mol. The minimum Gasteiger partial charge on any atom is -0.469 e. The van der Waals surface area contributed by atoms with Gasteiger partial charge < -0.3 is 10.1 Å². The van der Waals surface area contributed by atoms with Crippen LogP contribution in [0.3, 0.4) is 0 Å². The number of hydrogen-bond donors (Lipinski definition) is 1. The van der Waals surface area contributed by atoms with Crippen LogP contribution in [0.2, 0.25) is 0 Å². The molecule has 1 heterocycles. The van der Waals surface area contributed by atoms with Gasteiger partial charge in [0.1, 0.15) is 0 Å². The van der Waals surface area contributed by atoms with E-state index in [2.05, 4.69) is 14.4 Å². The number of carbonyl (C=O) groups excluding carboxylic acids is 3. The van der Waals surface area contributed by atoms with Gasteiger partial charge in [0, 0.05) is 22.9 Å². The zero-order valence-electron chi connectivity index (χ0n) is 13.9. The third kappa shape index (κ3) is 2.57. The second-order valence-electron chi connectivity index (χ2n) is 5.89. The van der Waals surface area contributed by atoms with Crippen molar-refractivity contribution in [2.24, 2.45) is 0 Å². The molecule has 1 aliphatic rings. The summed E-state index contributed by atoms with van der Waals surface area (Å²) in [6.07, 6.45) is -0.0222. The molecule has 0 bridgehead atoms. The molecule has 1 aromatic heterocycles. The van der Waals surface area contributed by atoms with Gasteiger partial charge in [-0.2, -0.15) is 4.37 Å². The van der Waals surface area contributed by atoms with Crippen molar-refractivity contribution in [3.8, 4) is 11.3 Å². The Morgan fingerprint density at radius 3 is 2.65 bits per heavy atom. The molecule has 0 fully saturated rings. The summed E-state index contributed by atoms with van der Waals surface area (Å²) in [5, 5.41) is 3.52. The molecule has 0 aliphatic heterocycles. The van der Waals surface area contributed by atoms with Crippen LogP contribution in [0.1, 0.15) is 28.8 Å². The Bertz CT molecular complexity index is 1070. The summed E-state index contributed by atoms with van der Waals surface area (Å²) in [7, 11) is 1.28. The number of aromatic nitrogens is 1. The van der Waals surface area contributed by atoms with Gasteiger partial charge in [-0.25, -0.2) is 0 Å². The lowest BCUT2D eigenvalue weighted by Crippen LogP contribution is -2.18. The number of hydrogen-bond acceptors (Lipinski definition) is 6. The Kier molecular flexibility index (Phi) is 4.00. The van der Waals surface area contributed by atoms with E-state index >= 15 is 0 Å². The van der Waals surface area contributed by atoms with Crippen molar-refractivity contribution >= 4 is 45.0 Å². The van der Waals surface area contributed by atoms with Crippen molar-refractivity contribution in [3.63, 3.8) is 0 Å². The van der Waals surface area contributed by atoms with Gasteiger partial charge in [0.05, 0.1) is 35.2 Å². The van der Waals surface area contributed by atoms with Crippen LogP contribution in [-0.4, -0.2) is 29.1 Å². The van der Waals surface area contributed by atoms with Crippen LogP contribution >= 0.6 is 11.5 Å². The van der Waals surface area contributed by atoms with E-state index < -0.39 is 5.97 Å². The fourth-order valence-corrected chi connectivity index (χ4v) is 3.91. The summed E-state index contributed by atoms with van der Waals surface area (Å²) in [4.78, 5) is 36.5. The number of esters is 1. The number of nitrogens with one attached hydrogen (secondary N) is 1. The quantitative estimate of drug-likeness (QED) is 0.560. The first-order chi connectivity index (χ1) is 12.6. The Labute approximate surface area is 153 Å². The largest absolute Gasteiger partial charge is 0.469 e. The molecule has 1 N–H and O–H groups in total. The first kappa shape index (κ1) is 16.4. The van der Waals surface area contributed by atoms with E-state index in [-0.39, 0.29) is 24.5 Å². The van der Waals surface area contributed by atoms with Gasteiger partial charge in [-0.3, -0.25) is 14.4 Å². The molecule has 4 rings (SSSR count). The Morgan fingerprint density at radius 2 is 1.88 bits per heavy atom. The highest BCUT2D eigenvalue weighted by Crippen LogP contribution is 2.43. The molecule has 0 radical (unpaired) electrons. The molecule has 130 valence electrons. The van der Waals surface area contributed by atoms with Crippen LogP contribution in [0.15, 0.2) is 36.4 Å². The predicted molar refractivity (Wildman–Crippen MR) is 98.4 cm³/mol. The summed E-state index contributed by atoms with van der Waals surface area (Å²) in [5.41, 5.74) is 3.04. The van der Waals surface area contributed by atoms with Crippen LogP contribution in [-0.2, 0) is 14.3 Å². The molecule has 2 aromatic carbocycles. The highest BCUT2D eigenvalue weighted by atomic mass is 32.1. The van der Waals surface area contributed by atoms with Crippen molar-refractivity contribution < 1.29 is 19.1 Å². The normalized spacial score (nSPS) is 12.0. The summed E-state index contributed by atoms with van der Waals surface area (Å²) in [5.74, 6) is -0.934. The number of methoxy groups -OCH3 is 1. The molecule has 1 amide bonds. The smallest absolute Gasteiger partial charge is 0.306 e. The Hall–Kier alpha value is -3.06. The first-order valence-corrected chi connectivity index (χ1v) is 8.80. The fourth-order valence-electron chi connectivity index (χ4n) is 3.11. The Morgan fingerprint density at radius 1 is 1.12 bits per heavy atom. The zero-order valence-corrected chi connectivity index (χ0v) is 14.7. The number of carbonyl (C=O) groups is 3. The number of rotatable bonds is 4. The summed E-state index contributed by atoms with van der Waals surface area (Å²) >= 11 is 1.33. The highest BCUT2D eigenvalue weighted by Gasteiger charge is 2.30. The third-order valence-corrected chi connectivity index (χ3v) is 5.16. The van der Waals surface area contributed by atoms with E-state index in [4.69, 9.17) is 0 Å². The van der Waals surface area contributed by atoms with Crippen LogP contribution < -0.4 is 5.32 Å². The first-order valence-electron chi connectivity index (χ1n) is 8.03. The average molecular weight is 366 g/mol. The molecule has 0 spiro atoms. The van der Waals surface area contributed by atoms with Crippen molar-refractivity contribution in [3.05, 3.63) is 47.5 Å². The van der Waals surface area contributed by atoms with E-state index in [0.29, 0.717) is 16.8 Å². The Balaban J connectivity index is 1.76. The van der Waals surface area contributed by atoms with Crippen molar-refractivity contribution in [1.29, 1.82) is 0 Å². The molecule has 0 unspecified atom stereocenters. The van der Waals surface area contributed by atoms with E-state index in [0.717, 1.165) is 21.3 Å². The van der Waals surface area contributed by atoms with Crippen molar-refractivity contribution in [2.75, 3.05) is 12.4 Å². The van der Waals surface area contributed by atoms with E-state index in [1.807, 2.05) is 24.3 Å². The summed E-state index contributed by atoms with van der Waals surface area (Å²) in [6, 6.07) is 10.9. The maximum atomic E-state index is 13.1. The lowest BCUT2D eigenvalue weighted by atomic mass is 9.86. The number of ketones is 1. The second kappa shape index (κ2) is 6.34. The van der Waals surface area contributed by atoms with Crippen LogP contribution in [0.5, 0.6) is 0 Å². The SMILES string of the molecule is COC(=O)CCC(=O)Nc1ccc2snc3c2c1C(=O)c1ccccc1-3. The minimum absolute atomic E-state index is 0.0102. The molecule has 1 aliphatic carbocycles. The zero-order chi connectivity index (χ0) is 18.3. The van der Waals surface area contributed by atoms with Crippen molar-refractivity contribution in [2.45, 2.75) is 12.8 Å². The van der Waals surface area contributed by atoms with E-state index in [1.54, 1.807) is 12.1 Å². The average Bonchev–Trinajstić information content (AvgIpc) is 3.09. The molecule has 0 atom stereocenters. The highest BCUT2D eigenvalue weighted by molar-refractivity contribution is 7.13. The van der Waals surface area contributed by atoms with Crippen LogP contribution in [0.4, 0.5) is 5.69 Å². The van der Waals surface area contributed by atoms with Gasteiger partial charge >= 0.3 is 5.97 Å². The van der Waals surface area contributed by atoms with E-state index in [9.17, 15) is 14.4 Å². The maximum absolute atomic E-state index is 13.1. The summed E-state index contributed by atoms with van der Waals surface area (Å²) < 4.78 is 9.95. The topological polar surface area (TPSA) is 85.4 Å². The number of ether oxygens (including phenoxy) is 1. The maximum Gasteiger partial charge on any atom is 0.306 e. The fraction of sp³-hybridized carbons (Fsp3) is 0.158. The van der Waals surface area contributed by atoms with Crippen LogP contribution in [0.25, 0.3) is 21.3 Å². The molecule has 26 heavy (non-hydrogen) atoms. The lowest BCUT2D eigenvalue weighted by Gasteiger charge is -2.18. The minimum atomic E-state index is -0.453. The molecule has 7 heteroatoms. The second-order valence-corrected chi connectivity index (χ2v) is 6.70. The standard InChI is InChI=1S/C19H14N2O4S/c1-25-15(23)9-8-14(22)20-12-6-7-13-17-16(12)19(24)11-5-3-2-4-10(11)18(17)21-26-13/h2-7H,8-9H2,1H3,(H,20,22). The number of fused-ring (bicyclic) bond motifs is 2. The number of nitrogens with zero attached hydrogens (tertiary/aromatic N) is 1. The predicted octanol–water partition coefficient (Wildman–Crippen LogP) is 3.40. The van der Waals surface area contributed by atoms with Gasteiger partial charge in [-0.05, 0) is 23.7 Å². The molecular formula is C19H14N2O4S. The van der Waals surface area contributed by atoms with Crippen LogP contribution in [0, 0.1) is 0 Å². The third-order valence-electron chi connectivity index (χ3n) is 4.35. The van der Waals surface area contributed by atoms with Gasteiger partial charge in [0.25, 0.3) is 0 Å². The van der Waals surface area contributed by atoms with Gasteiger partial charge in [0.15, 0.2) is 5.78 Å². The number of anilines is 1.